The van der Waals surface area contributed by atoms with Crippen LogP contribution in [0.3, 0.4) is 0 Å². The van der Waals surface area contributed by atoms with Gasteiger partial charge in [0.05, 0.1) is 5.75 Å². The summed E-state index contributed by atoms with van der Waals surface area (Å²) in [6.07, 6.45) is 7.16. The van der Waals surface area contributed by atoms with Crippen LogP contribution in [0.1, 0.15) is 43.6 Å². The fourth-order valence-corrected chi connectivity index (χ4v) is 7.32. The summed E-state index contributed by atoms with van der Waals surface area (Å²) in [5, 5.41) is 5.56. The van der Waals surface area contributed by atoms with Crippen molar-refractivity contribution < 1.29 is 8.42 Å². The quantitative estimate of drug-likeness (QED) is 0.549. The average molecular weight is 458 g/mol. The Morgan fingerprint density at radius 2 is 1.84 bits per heavy atom. The molecule has 0 radical (unpaired) electrons. The third-order valence-corrected chi connectivity index (χ3v) is 9.57. The maximum absolute atomic E-state index is 12.8. The van der Waals surface area contributed by atoms with Crippen LogP contribution in [0.2, 0.25) is 0 Å². The van der Waals surface area contributed by atoms with Crippen molar-refractivity contribution in [2.45, 2.75) is 38.0 Å². The average Bonchev–Trinajstić information content (AvgIpc) is 3.54. The number of H-pyrrole nitrogens is 1. The van der Waals surface area contributed by atoms with Crippen LogP contribution in [0, 0.1) is 0 Å². The number of likely N-dealkylation sites (tertiary alicyclic amines) is 1. The molecule has 0 bridgehead atoms. The zero-order valence-corrected chi connectivity index (χ0v) is 19.6. The third kappa shape index (κ3) is 4.60. The summed E-state index contributed by atoms with van der Waals surface area (Å²) in [5.74, 6) is 0.688. The lowest BCUT2D eigenvalue weighted by Gasteiger charge is -2.31. The molecule has 5 rings (SSSR count). The molecule has 7 heteroatoms. The molecule has 1 N–H and O–H groups in total. The van der Waals surface area contributed by atoms with Gasteiger partial charge in [-0.1, -0.05) is 6.07 Å². The van der Waals surface area contributed by atoms with Crippen molar-refractivity contribution in [1.82, 2.24) is 14.2 Å². The van der Waals surface area contributed by atoms with E-state index in [1.807, 2.05) is 0 Å². The zero-order valence-electron chi connectivity index (χ0n) is 17.9. The fraction of sp³-hybridized carbons (Fsp3) is 0.500. The Bertz CT molecular complexity index is 1110. The Kier molecular flexibility index (Phi) is 6.19. The normalized spacial score (nSPS) is 19.5. The third-order valence-electron chi connectivity index (χ3n) is 6.93. The van der Waals surface area contributed by atoms with Gasteiger partial charge in [-0.2, -0.15) is 11.3 Å². The second-order valence-electron chi connectivity index (χ2n) is 8.91. The molecule has 0 amide bonds. The van der Waals surface area contributed by atoms with Crippen molar-refractivity contribution in [3.05, 3.63) is 46.8 Å². The first-order valence-corrected chi connectivity index (χ1v) is 14.0. The highest BCUT2D eigenvalue weighted by molar-refractivity contribution is 7.89. The first kappa shape index (κ1) is 21.2. The fourth-order valence-electron chi connectivity index (χ4n) is 5.14. The zero-order chi connectivity index (χ0) is 21.3. The molecule has 3 aromatic rings. The summed E-state index contributed by atoms with van der Waals surface area (Å²) in [6.45, 7) is 4.44. The summed E-state index contributed by atoms with van der Waals surface area (Å²) >= 11 is 1.72. The topological polar surface area (TPSA) is 56.4 Å². The van der Waals surface area contributed by atoms with E-state index >= 15 is 0 Å². The molecule has 2 saturated heterocycles. The number of sulfonamides is 1. The van der Waals surface area contributed by atoms with Crippen LogP contribution < -0.4 is 0 Å². The van der Waals surface area contributed by atoms with E-state index in [0.717, 1.165) is 44.4 Å². The SMILES string of the molecule is O=S(=O)(CCCN1CCCC1)N1CCC(c2c[nH]c3ccc(-c4ccsc4)cc23)CC1. The van der Waals surface area contributed by atoms with Crippen LogP contribution in [0.5, 0.6) is 0 Å². The second-order valence-corrected chi connectivity index (χ2v) is 11.8. The molecule has 2 aliphatic rings. The number of rotatable bonds is 7. The summed E-state index contributed by atoms with van der Waals surface area (Å²) in [6, 6.07) is 8.77. The van der Waals surface area contributed by atoms with E-state index in [2.05, 4.69) is 51.1 Å². The van der Waals surface area contributed by atoms with Gasteiger partial charge in [0.1, 0.15) is 0 Å². The minimum Gasteiger partial charge on any atom is -0.361 e. The molecule has 0 atom stereocenters. The highest BCUT2D eigenvalue weighted by Crippen LogP contribution is 2.36. The number of piperidine rings is 1. The van der Waals surface area contributed by atoms with Gasteiger partial charge in [0.25, 0.3) is 0 Å². The van der Waals surface area contributed by atoms with Gasteiger partial charge in [0.2, 0.25) is 10.0 Å². The first-order chi connectivity index (χ1) is 15.1. The van der Waals surface area contributed by atoms with Gasteiger partial charge in [0.15, 0.2) is 0 Å². The first-order valence-electron chi connectivity index (χ1n) is 11.4. The lowest BCUT2D eigenvalue weighted by molar-refractivity contribution is 0.315. The molecular formula is C24H31N3O2S2. The predicted molar refractivity (Wildman–Crippen MR) is 129 cm³/mol. The molecule has 2 aromatic heterocycles. The number of aromatic nitrogens is 1. The number of hydrogen-bond acceptors (Lipinski definition) is 4. The van der Waals surface area contributed by atoms with Gasteiger partial charge in [-0.3, -0.25) is 0 Å². The molecule has 0 unspecified atom stereocenters. The van der Waals surface area contributed by atoms with E-state index in [9.17, 15) is 8.42 Å². The summed E-state index contributed by atoms with van der Waals surface area (Å²) in [5.41, 5.74) is 4.99. The van der Waals surface area contributed by atoms with Crippen LogP contribution in [0.15, 0.2) is 41.2 Å². The minimum absolute atomic E-state index is 0.283. The van der Waals surface area contributed by atoms with Crippen molar-refractivity contribution in [3.8, 4) is 11.1 Å². The molecule has 4 heterocycles. The Hall–Kier alpha value is -1.67. The molecule has 5 nitrogen and oxygen atoms in total. The number of thiophene rings is 1. The van der Waals surface area contributed by atoms with Crippen molar-refractivity contribution in [1.29, 1.82) is 0 Å². The molecule has 2 aliphatic heterocycles. The maximum Gasteiger partial charge on any atom is 0.214 e. The highest BCUT2D eigenvalue weighted by Gasteiger charge is 2.29. The van der Waals surface area contributed by atoms with E-state index in [1.165, 1.54) is 34.9 Å². The minimum atomic E-state index is -3.15. The lowest BCUT2D eigenvalue weighted by atomic mass is 9.89. The molecule has 0 saturated carbocycles. The molecule has 166 valence electrons. The number of benzene rings is 1. The number of fused-ring (bicyclic) bond motifs is 1. The van der Waals surface area contributed by atoms with Crippen molar-refractivity contribution in [3.63, 3.8) is 0 Å². The van der Waals surface area contributed by atoms with Gasteiger partial charge < -0.3 is 9.88 Å². The van der Waals surface area contributed by atoms with E-state index in [-0.39, 0.29) is 5.75 Å². The van der Waals surface area contributed by atoms with Gasteiger partial charge in [-0.25, -0.2) is 12.7 Å². The smallest absolute Gasteiger partial charge is 0.214 e. The van der Waals surface area contributed by atoms with Gasteiger partial charge in [-0.15, -0.1) is 0 Å². The molecule has 0 spiro atoms. The lowest BCUT2D eigenvalue weighted by Crippen LogP contribution is -2.39. The van der Waals surface area contributed by atoms with Crippen molar-refractivity contribution in [2.75, 3.05) is 38.5 Å². The van der Waals surface area contributed by atoms with Crippen LogP contribution in [0.25, 0.3) is 22.0 Å². The Morgan fingerprint density at radius 1 is 1.03 bits per heavy atom. The van der Waals surface area contributed by atoms with E-state index < -0.39 is 10.0 Å². The summed E-state index contributed by atoms with van der Waals surface area (Å²) < 4.78 is 27.4. The van der Waals surface area contributed by atoms with Crippen LogP contribution in [-0.2, 0) is 10.0 Å². The summed E-state index contributed by atoms with van der Waals surface area (Å²) in [7, 11) is -3.15. The van der Waals surface area contributed by atoms with Gasteiger partial charge in [0, 0.05) is 30.2 Å². The predicted octanol–water partition coefficient (Wildman–Crippen LogP) is 4.89. The Morgan fingerprint density at radius 3 is 2.58 bits per heavy atom. The number of aromatic amines is 1. The standard InChI is InChI=1S/C24H31N3O2S2/c28-31(29,15-3-11-26-9-1-2-10-26)27-12-6-19(7-13-27)23-17-25-24-5-4-20(16-22(23)24)21-8-14-30-18-21/h4-5,8,14,16-19,25H,1-3,6-7,9-13,15H2. The molecular weight excluding hydrogens is 426 g/mol. The van der Waals surface area contributed by atoms with Gasteiger partial charge in [-0.05, 0) is 103 Å². The second kappa shape index (κ2) is 9.06. The Labute approximate surface area is 189 Å². The van der Waals surface area contributed by atoms with Gasteiger partial charge >= 0.3 is 0 Å². The van der Waals surface area contributed by atoms with Crippen LogP contribution in [0.4, 0.5) is 0 Å². The Balaban J connectivity index is 1.23. The number of nitrogens with one attached hydrogen (secondary N) is 1. The maximum atomic E-state index is 12.8. The highest BCUT2D eigenvalue weighted by atomic mass is 32.2. The van der Waals surface area contributed by atoms with E-state index in [0.29, 0.717) is 19.0 Å². The van der Waals surface area contributed by atoms with Crippen LogP contribution >= 0.6 is 11.3 Å². The monoisotopic (exact) mass is 457 g/mol. The molecule has 0 aliphatic carbocycles. The van der Waals surface area contributed by atoms with Crippen molar-refractivity contribution in [2.24, 2.45) is 0 Å². The van der Waals surface area contributed by atoms with E-state index in [4.69, 9.17) is 0 Å². The molecule has 2 fully saturated rings. The largest absolute Gasteiger partial charge is 0.361 e. The van der Waals surface area contributed by atoms with Crippen molar-refractivity contribution >= 4 is 32.3 Å². The molecule has 1 aromatic carbocycles. The van der Waals surface area contributed by atoms with Crippen LogP contribution in [-0.4, -0.2) is 61.1 Å². The molecule has 31 heavy (non-hydrogen) atoms. The summed E-state index contributed by atoms with van der Waals surface area (Å²) in [4.78, 5) is 5.81. The number of hydrogen-bond donors (Lipinski definition) is 1. The van der Waals surface area contributed by atoms with E-state index in [1.54, 1.807) is 15.6 Å². The number of nitrogens with zero attached hydrogens (tertiary/aromatic N) is 2.